The molecule has 0 aliphatic rings. The van der Waals surface area contributed by atoms with Crippen molar-refractivity contribution in [2.45, 2.75) is 6.42 Å². The number of ether oxygens (including phenoxy) is 1. The molecule has 0 aliphatic carbocycles. The number of pyridine rings is 1. The molecule has 0 fully saturated rings. The highest BCUT2D eigenvalue weighted by molar-refractivity contribution is 7.09. The lowest BCUT2D eigenvalue weighted by molar-refractivity contribution is 0.415. The van der Waals surface area contributed by atoms with Gasteiger partial charge in [0.15, 0.2) is 0 Å². The second-order valence-corrected chi connectivity index (χ2v) is 5.49. The molecule has 4 nitrogen and oxygen atoms in total. The van der Waals surface area contributed by atoms with E-state index in [1.807, 2.05) is 18.2 Å². The van der Waals surface area contributed by atoms with E-state index in [9.17, 15) is 0 Å². The van der Waals surface area contributed by atoms with Crippen molar-refractivity contribution in [3.05, 3.63) is 52.2 Å². The van der Waals surface area contributed by atoms with Gasteiger partial charge >= 0.3 is 0 Å². The van der Waals surface area contributed by atoms with Gasteiger partial charge in [-0.05, 0) is 29.6 Å². The van der Waals surface area contributed by atoms with E-state index in [-0.39, 0.29) is 0 Å². The van der Waals surface area contributed by atoms with Crippen LogP contribution < -0.4 is 16.0 Å². The van der Waals surface area contributed by atoms with Crippen LogP contribution in [0.2, 0.25) is 0 Å². The summed E-state index contributed by atoms with van der Waals surface area (Å²) in [7, 11) is 1.65. The number of nitrogen functional groups attached to an aromatic ring is 1. The summed E-state index contributed by atoms with van der Waals surface area (Å²) in [6.07, 6.45) is 0.826. The van der Waals surface area contributed by atoms with Crippen LogP contribution in [0.25, 0.3) is 10.9 Å². The van der Waals surface area contributed by atoms with Crippen molar-refractivity contribution >= 4 is 28.1 Å². The van der Waals surface area contributed by atoms with Crippen molar-refractivity contribution in [2.75, 3.05) is 12.5 Å². The maximum atomic E-state index is 5.60. The van der Waals surface area contributed by atoms with E-state index < -0.39 is 0 Å². The molecule has 3 N–H and O–H groups in total. The third-order valence-corrected chi connectivity index (χ3v) is 4.06. The van der Waals surface area contributed by atoms with Gasteiger partial charge in [-0.1, -0.05) is 6.07 Å². The van der Waals surface area contributed by atoms with Crippen molar-refractivity contribution < 1.29 is 4.74 Å². The van der Waals surface area contributed by atoms with Crippen LogP contribution >= 0.6 is 11.3 Å². The Morgan fingerprint density at radius 2 is 2.20 bits per heavy atom. The number of hydrogen-bond acceptors (Lipinski definition) is 5. The molecule has 2 aromatic heterocycles. The van der Waals surface area contributed by atoms with E-state index in [1.54, 1.807) is 18.4 Å². The Labute approximate surface area is 121 Å². The Morgan fingerprint density at radius 1 is 1.30 bits per heavy atom. The van der Waals surface area contributed by atoms with Crippen molar-refractivity contribution in [1.82, 2.24) is 4.98 Å². The smallest absolute Gasteiger partial charge is 0.144 e. The first-order valence-electron chi connectivity index (χ1n) is 6.27. The molecular formula is C15H15N3OS. The predicted octanol–water partition coefficient (Wildman–Crippen LogP) is 3.18. The predicted molar refractivity (Wildman–Crippen MR) is 83.2 cm³/mol. The summed E-state index contributed by atoms with van der Waals surface area (Å²) in [4.78, 5) is 5.86. The summed E-state index contributed by atoms with van der Waals surface area (Å²) in [5, 5.41) is 3.15. The molecular weight excluding hydrogens is 270 g/mol. The van der Waals surface area contributed by atoms with Gasteiger partial charge in [0.05, 0.1) is 12.6 Å². The molecule has 0 atom stereocenters. The second kappa shape index (κ2) is 5.48. The van der Waals surface area contributed by atoms with Gasteiger partial charge in [0.1, 0.15) is 11.6 Å². The molecule has 0 spiro atoms. The summed E-state index contributed by atoms with van der Waals surface area (Å²) < 4.78 is 5.22. The Kier molecular flexibility index (Phi) is 3.54. The number of anilines is 1. The summed E-state index contributed by atoms with van der Waals surface area (Å²) in [6.45, 7) is 0. The standard InChI is InChI=1S/C15H15N3OS/c1-19-12-5-4-10-7-11(8-13-3-2-6-20-13)15(18-16)17-14(10)9-12/h2-7,9H,8,16H2,1H3,(H,17,18). The fourth-order valence-corrected chi connectivity index (χ4v) is 2.91. The van der Waals surface area contributed by atoms with Crippen molar-refractivity contribution in [1.29, 1.82) is 0 Å². The molecule has 102 valence electrons. The molecule has 2 heterocycles. The molecule has 0 saturated carbocycles. The van der Waals surface area contributed by atoms with Gasteiger partial charge in [-0.15, -0.1) is 11.3 Å². The zero-order valence-electron chi connectivity index (χ0n) is 11.1. The van der Waals surface area contributed by atoms with E-state index in [2.05, 4.69) is 34.0 Å². The molecule has 20 heavy (non-hydrogen) atoms. The molecule has 0 bridgehead atoms. The maximum Gasteiger partial charge on any atom is 0.144 e. The third-order valence-electron chi connectivity index (χ3n) is 3.19. The number of hydrogen-bond donors (Lipinski definition) is 2. The van der Waals surface area contributed by atoms with Gasteiger partial charge in [0, 0.05) is 28.3 Å². The van der Waals surface area contributed by atoms with Gasteiger partial charge in [-0.25, -0.2) is 10.8 Å². The lowest BCUT2D eigenvalue weighted by Crippen LogP contribution is -2.11. The van der Waals surface area contributed by atoms with Crippen LogP contribution in [0.3, 0.4) is 0 Å². The Morgan fingerprint density at radius 3 is 2.90 bits per heavy atom. The van der Waals surface area contributed by atoms with E-state index in [4.69, 9.17) is 10.6 Å². The van der Waals surface area contributed by atoms with Gasteiger partial charge < -0.3 is 10.2 Å². The quantitative estimate of drug-likeness (QED) is 0.571. The van der Waals surface area contributed by atoms with Crippen molar-refractivity contribution in [2.24, 2.45) is 5.84 Å². The number of methoxy groups -OCH3 is 1. The lowest BCUT2D eigenvalue weighted by atomic mass is 10.1. The number of benzene rings is 1. The first kappa shape index (κ1) is 12.9. The number of fused-ring (bicyclic) bond motifs is 1. The largest absolute Gasteiger partial charge is 0.497 e. The van der Waals surface area contributed by atoms with Gasteiger partial charge in [-0.2, -0.15) is 0 Å². The van der Waals surface area contributed by atoms with Crippen LogP contribution in [0.5, 0.6) is 5.75 Å². The lowest BCUT2D eigenvalue weighted by Gasteiger charge is -2.10. The van der Waals surface area contributed by atoms with Crippen molar-refractivity contribution in [3.8, 4) is 5.75 Å². The zero-order chi connectivity index (χ0) is 13.9. The molecule has 0 saturated heterocycles. The Bertz CT molecular complexity index is 725. The highest BCUT2D eigenvalue weighted by Gasteiger charge is 2.08. The van der Waals surface area contributed by atoms with Gasteiger partial charge in [0.25, 0.3) is 0 Å². The normalized spacial score (nSPS) is 10.7. The average Bonchev–Trinajstić information content (AvgIpc) is 2.99. The molecule has 0 aliphatic heterocycles. The number of aromatic nitrogens is 1. The fraction of sp³-hybridized carbons (Fsp3) is 0.133. The second-order valence-electron chi connectivity index (χ2n) is 4.46. The number of thiophene rings is 1. The van der Waals surface area contributed by atoms with E-state index in [0.717, 1.165) is 28.6 Å². The Hall–Kier alpha value is -2.11. The average molecular weight is 285 g/mol. The van der Waals surface area contributed by atoms with Crippen LogP contribution in [0.4, 0.5) is 5.82 Å². The molecule has 5 heteroatoms. The van der Waals surface area contributed by atoms with Crippen LogP contribution in [0, 0.1) is 0 Å². The van der Waals surface area contributed by atoms with Crippen LogP contribution in [-0.4, -0.2) is 12.1 Å². The number of rotatable bonds is 4. The summed E-state index contributed by atoms with van der Waals surface area (Å²) in [5.41, 5.74) is 4.65. The summed E-state index contributed by atoms with van der Waals surface area (Å²) >= 11 is 1.73. The molecule has 3 aromatic rings. The first-order chi connectivity index (χ1) is 9.80. The minimum Gasteiger partial charge on any atom is -0.497 e. The number of hydrazine groups is 1. The first-order valence-corrected chi connectivity index (χ1v) is 7.15. The topological polar surface area (TPSA) is 60.2 Å². The molecule has 0 radical (unpaired) electrons. The number of nitrogens with two attached hydrogens (primary N) is 1. The summed E-state index contributed by atoms with van der Waals surface area (Å²) in [6, 6.07) is 12.1. The maximum absolute atomic E-state index is 5.60. The van der Waals surface area contributed by atoms with Crippen LogP contribution in [-0.2, 0) is 6.42 Å². The molecule has 0 amide bonds. The summed E-state index contributed by atoms with van der Waals surface area (Å²) in [5.74, 6) is 7.10. The third kappa shape index (κ3) is 2.45. The van der Waals surface area contributed by atoms with Crippen molar-refractivity contribution in [3.63, 3.8) is 0 Å². The van der Waals surface area contributed by atoms with Crippen LogP contribution in [0.1, 0.15) is 10.4 Å². The highest BCUT2D eigenvalue weighted by atomic mass is 32.1. The monoisotopic (exact) mass is 285 g/mol. The minimum atomic E-state index is 0.708. The Balaban J connectivity index is 2.07. The molecule has 3 rings (SSSR count). The fourth-order valence-electron chi connectivity index (χ4n) is 2.18. The van der Waals surface area contributed by atoms with E-state index in [1.165, 1.54) is 4.88 Å². The van der Waals surface area contributed by atoms with Gasteiger partial charge in [0.2, 0.25) is 0 Å². The number of nitrogens with zero attached hydrogens (tertiary/aromatic N) is 1. The number of nitrogens with one attached hydrogen (secondary N) is 1. The van der Waals surface area contributed by atoms with Crippen LogP contribution in [0.15, 0.2) is 41.8 Å². The van der Waals surface area contributed by atoms with Gasteiger partial charge in [-0.3, -0.25) is 0 Å². The SMILES string of the molecule is COc1ccc2cc(Cc3cccs3)c(NN)nc2c1. The molecule has 0 unspecified atom stereocenters. The highest BCUT2D eigenvalue weighted by Crippen LogP contribution is 2.26. The minimum absolute atomic E-state index is 0.708. The van der Waals surface area contributed by atoms with E-state index >= 15 is 0 Å². The van der Waals surface area contributed by atoms with E-state index in [0.29, 0.717) is 5.82 Å². The zero-order valence-corrected chi connectivity index (χ0v) is 11.9. The molecule has 1 aromatic carbocycles.